The van der Waals surface area contributed by atoms with Crippen LogP contribution in [-0.2, 0) is 0 Å². The monoisotopic (exact) mass is 326 g/mol. The first kappa shape index (κ1) is 16.3. The van der Waals surface area contributed by atoms with Crippen LogP contribution in [0.2, 0.25) is 0 Å². The molecule has 7 heteroatoms. The van der Waals surface area contributed by atoms with Crippen LogP contribution in [-0.4, -0.2) is 58.6 Å². The zero-order valence-electron chi connectivity index (χ0n) is 14.1. The molecule has 0 spiro atoms. The van der Waals surface area contributed by atoms with Gasteiger partial charge in [-0.2, -0.15) is 10.1 Å². The molecule has 2 aromatic rings. The van der Waals surface area contributed by atoms with Crippen LogP contribution in [0.3, 0.4) is 0 Å². The number of benzene rings is 1. The molecule has 1 aliphatic rings. The largest absolute Gasteiger partial charge is 0.339 e. The molecule has 3 rings (SSSR count). The van der Waals surface area contributed by atoms with Gasteiger partial charge < -0.3 is 15.1 Å². The first-order chi connectivity index (χ1) is 11.7. The fraction of sp³-hybridized carbons (Fsp3) is 0.412. The van der Waals surface area contributed by atoms with Gasteiger partial charge in [-0.05, 0) is 37.7 Å². The van der Waals surface area contributed by atoms with Gasteiger partial charge in [0, 0.05) is 37.4 Å². The number of piperazine rings is 1. The zero-order valence-corrected chi connectivity index (χ0v) is 14.1. The molecule has 1 N–H and O–H groups in total. The van der Waals surface area contributed by atoms with Crippen LogP contribution in [0, 0.1) is 0 Å². The minimum absolute atomic E-state index is 0.0544. The Morgan fingerprint density at radius 3 is 2.50 bits per heavy atom. The summed E-state index contributed by atoms with van der Waals surface area (Å²) in [6.07, 6.45) is 1.60. The molecular formula is C17H22N6O. The Balaban J connectivity index is 1.68. The molecule has 1 aromatic carbocycles. The van der Waals surface area contributed by atoms with Crippen molar-refractivity contribution in [1.82, 2.24) is 20.1 Å². The maximum atomic E-state index is 11.3. The number of carbonyl (C=O) groups excluding carboxylic acids is 1. The van der Waals surface area contributed by atoms with E-state index in [-0.39, 0.29) is 5.78 Å². The minimum Gasteiger partial charge on any atom is -0.339 e. The molecule has 1 aliphatic heterocycles. The van der Waals surface area contributed by atoms with E-state index in [0.29, 0.717) is 17.3 Å². The molecule has 0 atom stereocenters. The zero-order chi connectivity index (χ0) is 16.9. The highest BCUT2D eigenvalue weighted by Crippen LogP contribution is 2.17. The summed E-state index contributed by atoms with van der Waals surface area (Å²) in [5.41, 5.74) is 1.55. The fourth-order valence-corrected chi connectivity index (χ4v) is 2.69. The lowest BCUT2D eigenvalue weighted by Crippen LogP contribution is -2.46. The third-order valence-corrected chi connectivity index (χ3v) is 4.21. The number of anilines is 3. The number of aromatic nitrogens is 3. The van der Waals surface area contributed by atoms with Crippen molar-refractivity contribution >= 4 is 23.2 Å². The Bertz CT molecular complexity index is 694. The Morgan fingerprint density at radius 2 is 1.88 bits per heavy atom. The topological polar surface area (TPSA) is 74.2 Å². The van der Waals surface area contributed by atoms with Crippen molar-refractivity contribution in [2.45, 2.75) is 13.8 Å². The first-order valence-corrected chi connectivity index (χ1v) is 8.21. The highest BCUT2D eigenvalue weighted by atomic mass is 16.1. The van der Waals surface area contributed by atoms with Crippen LogP contribution in [0.4, 0.5) is 17.5 Å². The molecule has 0 unspecified atom stereocenters. The number of hydrogen-bond donors (Lipinski definition) is 1. The van der Waals surface area contributed by atoms with Gasteiger partial charge in [-0.15, -0.1) is 5.10 Å². The SMILES string of the molecule is CCN1CCN(c2nncc(Nc3ccc(C(C)=O)cc3)n2)CC1. The van der Waals surface area contributed by atoms with Crippen molar-refractivity contribution in [3.05, 3.63) is 36.0 Å². The first-order valence-electron chi connectivity index (χ1n) is 8.21. The Kier molecular flexibility index (Phi) is 5.00. The summed E-state index contributed by atoms with van der Waals surface area (Å²) >= 11 is 0. The molecule has 0 radical (unpaired) electrons. The van der Waals surface area contributed by atoms with Crippen LogP contribution in [0.1, 0.15) is 24.2 Å². The van der Waals surface area contributed by atoms with Crippen LogP contribution >= 0.6 is 0 Å². The van der Waals surface area contributed by atoms with Gasteiger partial charge in [0.05, 0.1) is 6.20 Å². The van der Waals surface area contributed by atoms with E-state index >= 15 is 0 Å². The lowest BCUT2D eigenvalue weighted by atomic mass is 10.1. The number of ketones is 1. The summed E-state index contributed by atoms with van der Waals surface area (Å²) in [6, 6.07) is 7.31. The van der Waals surface area contributed by atoms with Gasteiger partial charge in [-0.25, -0.2) is 0 Å². The number of Topliss-reactive ketones (excluding diaryl/α,β-unsaturated/α-hetero) is 1. The molecule has 0 saturated carbocycles. The molecule has 1 fully saturated rings. The number of rotatable bonds is 5. The summed E-state index contributed by atoms with van der Waals surface area (Å²) in [4.78, 5) is 20.4. The highest BCUT2D eigenvalue weighted by Gasteiger charge is 2.18. The van der Waals surface area contributed by atoms with Crippen LogP contribution in [0.15, 0.2) is 30.5 Å². The fourth-order valence-electron chi connectivity index (χ4n) is 2.69. The molecule has 0 aliphatic carbocycles. The average molecular weight is 326 g/mol. The second-order valence-corrected chi connectivity index (χ2v) is 5.82. The number of hydrogen-bond acceptors (Lipinski definition) is 7. The summed E-state index contributed by atoms with van der Waals surface area (Å²) in [7, 11) is 0. The van der Waals surface area contributed by atoms with E-state index in [0.717, 1.165) is 38.4 Å². The van der Waals surface area contributed by atoms with E-state index in [2.05, 4.69) is 37.2 Å². The lowest BCUT2D eigenvalue weighted by molar-refractivity contribution is 0.101. The van der Waals surface area contributed by atoms with Crippen LogP contribution in [0.25, 0.3) is 0 Å². The lowest BCUT2D eigenvalue weighted by Gasteiger charge is -2.33. The predicted molar refractivity (Wildman–Crippen MR) is 93.9 cm³/mol. The normalized spacial score (nSPS) is 15.3. The molecule has 0 amide bonds. The molecule has 2 heterocycles. The highest BCUT2D eigenvalue weighted by molar-refractivity contribution is 5.94. The smallest absolute Gasteiger partial charge is 0.247 e. The van der Waals surface area contributed by atoms with E-state index < -0.39 is 0 Å². The second kappa shape index (κ2) is 7.35. The number of nitrogens with zero attached hydrogens (tertiary/aromatic N) is 5. The van der Waals surface area contributed by atoms with Crippen molar-refractivity contribution in [2.24, 2.45) is 0 Å². The Labute approximate surface area is 141 Å². The molecule has 0 bridgehead atoms. The molecule has 126 valence electrons. The summed E-state index contributed by atoms with van der Waals surface area (Å²) in [6.45, 7) is 8.66. The molecule has 1 aromatic heterocycles. The van der Waals surface area contributed by atoms with Gasteiger partial charge in [0.25, 0.3) is 0 Å². The van der Waals surface area contributed by atoms with Crippen LogP contribution in [0.5, 0.6) is 0 Å². The second-order valence-electron chi connectivity index (χ2n) is 5.82. The van der Waals surface area contributed by atoms with Gasteiger partial charge in [0.1, 0.15) is 0 Å². The summed E-state index contributed by atoms with van der Waals surface area (Å²) in [5, 5.41) is 11.4. The maximum absolute atomic E-state index is 11.3. The molecular weight excluding hydrogens is 304 g/mol. The van der Waals surface area contributed by atoms with Gasteiger partial charge in [-0.3, -0.25) is 4.79 Å². The third kappa shape index (κ3) is 3.86. The Hall–Kier alpha value is -2.54. The van der Waals surface area contributed by atoms with E-state index in [1.165, 1.54) is 0 Å². The van der Waals surface area contributed by atoms with E-state index in [1.54, 1.807) is 25.3 Å². The standard InChI is InChI=1S/C17H22N6O/c1-3-22-8-10-23(11-9-22)17-20-16(12-18-21-17)19-15-6-4-14(5-7-15)13(2)24/h4-7,12H,3,8-11H2,1-2H3,(H,19,20,21). The summed E-state index contributed by atoms with van der Waals surface area (Å²) < 4.78 is 0. The van der Waals surface area contributed by atoms with Crippen molar-refractivity contribution in [2.75, 3.05) is 42.9 Å². The van der Waals surface area contributed by atoms with Gasteiger partial charge >= 0.3 is 0 Å². The number of carbonyl (C=O) groups is 1. The van der Waals surface area contributed by atoms with Crippen molar-refractivity contribution < 1.29 is 4.79 Å². The van der Waals surface area contributed by atoms with E-state index in [9.17, 15) is 4.79 Å². The maximum Gasteiger partial charge on any atom is 0.247 e. The van der Waals surface area contributed by atoms with E-state index in [1.807, 2.05) is 12.1 Å². The number of nitrogens with one attached hydrogen (secondary N) is 1. The average Bonchev–Trinajstić information content (AvgIpc) is 2.62. The molecule has 24 heavy (non-hydrogen) atoms. The third-order valence-electron chi connectivity index (χ3n) is 4.21. The molecule has 1 saturated heterocycles. The van der Waals surface area contributed by atoms with Gasteiger partial charge in [0.2, 0.25) is 5.95 Å². The summed E-state index contributed by atoms with van der Waals surface area (Å²) in [5.74, 6) is 1.35. The van der Waals surface area contributed by atoms with Crippen molar-refractivity contribution in [3.8, 4) is 0 Å². The van der Waals surface area contributed by atoms with Crippen LogP contribution < -0.4 is 10.2 Å². The molecule has 7 nitrogen and oxygen atoms in total. The van der Waals surface area contributed by atoms with Crippen molar-refractivity contribution in [3.63, 3.8) is 0 Å². The van der Waals surface area contributed by atoms with Gasteiger partial charge in [-0.1, -0.05) is 6.92 Å². The van der Waals surface area contributed by atoms with E-state index in [4.69, 9.17) is 0 Å². The number of likely N-dealkylation sites (N-methyl/N-ethyl adjacent to an activating group) is 1. The van der Waals surface area contributed by atoms with Crippen molar-refractivity contribution in [1.29, 1.82) is 0 Å². The van der Waals surface area contributed by atoms with Gasteiger partial charge in [0.15, 0.2) is 11.6 Å². The predicted octanol–water partition coefficient (Wildman–Crippen LogP) is 1.96. The quantitative estimate of drug-likeness (QED) is 0.842. The Morgan fingerprint density at radius 1 is 1.17 bits per heavy atom. The minimum atomic E-state index is 0.0544.